The molecule has 2 heterocycles. The Balaban J connectivity index is 1.66. The summed E-state index contributed by atoms with van der Waals surface area (Å²) < 4.78 is 25.0. The highest BCUT2D eigenvalue weighted by Gasteiger charge is 2.54. The molecule has 0 N–H and O–H groups in total. The van der Waals surface area contributed by atoms with Crippen LogP contribution in [0.3, 0.4) is 0 Å². The molecule has 2 aliphatic rings. The van der Waals surface area contributed by atoms with Gasteiger partial charge in [-0.15, -0.1) is 0 Å². The van der Waals surface area contributed by atoms with Crippen molar-refractivity contribution < 1.29 is 18.6 Å². The lowest BCUT2D eigenvalue weighted by Gasteiger charge is -2.43. The first-order valence-electron chi connectivity index (χ1n) is 10.6. The van der Waals surface area contributed by atoms with Crippen LogP contribution in [0.1, 0.15) is 34.6 Å². The van der Waals surface area contributed by atoms with Crippen LogP contribution in [0.2, 0.25) is 5.04 Å². The summed E-state index contributed by atoms with van der Waals surface area (Å²) in [6.45, 7) is 15.3. The Morgan fingerprint density at radius 1 is 0.933 bits per heavy atom. The normalized spacial score (nSPS) is 26.0. The number of benzene rings is 2. The molecule has 2 aliphatic heterocycles. The maximum absolute atomic E-state index is 6.98. The molecule has 0 aliphatic carbocycles. The van der Waals surface area contributed by atoms with Gasteiger partial charge in [-0.2, -0.15) is 0 Å². The van der Waals surface area contributed by atoms with E-state index in [4.69, 9.17) is 18.6 Å². The molecule has 0 unspecified atom stereocenters. The minimum Gasteiger partial charge on any atom is -0.404 e. The Hall–Kier alpha value is -1.76. The van der Waals surface area contributed by atoms with Gasteiger partial charge in [-0.3, -0.25) is 0 Å². The lowest BCUT2D eigenvalue weighted by atomic mass is 10.1. The molecule has 4 rings (SSSR count). The fourth-order valence-corrected chi connectivity index (χ4v) is 9.18. The molecule has 2 fully saturated rings. The lowest BCUT2D eigenvalue weighted by molar-refractivity contribution is -0.202. The molecular weight excluding hydrogens is 392 g/mol. The standard InChI is InChI=1S/C25H32O4Si/c1-18-21(27-23-22(18)28-25(5,6)29-23)17-26-30(24(2,3)4,19-13-9-7-10-14-19)20-15-11-8-12-16-20/h7-16,21-23H,1,17H2,2-6H3/t21-,22-,23-/m1/s1. The first-order chi connectivity index (χ1) is 14.1. The molecule has 0 bridgehead atoms. The molecule has 2 saturated heterocycles. The van der Waals surface area contributed by atoms with Gasteiger partial charge in [-0.05, 0) is 34.8 Å². The minimum atomic E-state index is -2.61. The third-order valence-electron chi connectivity index (χ3n) is 6.00. The van der Waals surface area contributed by atoms with Crippen molar-refractivity contribution in [1.29, 1.82) is 0 Å². The van der Waals surface area contributed by atoms with Crippen molar-refractivity contribution >= 4 is 18.7 Å². The van der Waals surface area contributed by atoms with Crippen LogP contribution in [0, 0.1) is 0 Å². The predicted molar refractivity (Wildman–Crippen MR) is 121 cm³/mol. The molecule has 0 amide bonds. The van der Waals surface area contributed by atoms with Gasteiger partial charge in [0.25, 0.3) is 8.32 Å². The van der Waals surface area contributed by atoms with E-state index in [1.165, 1.54) is 10.4 Å². The second-order valence-corrected chi connectivity index (χ2v) is 13.9. The van der Waals surface area contributed by atoms with Crippen molar-refractivity contribution in [3.8, 4) is 0 Å². The molecule has 0 radical (unpaired) electrons. The highest BCUT2D eigenvalue weighted by atomic mass is 28.4. The largest absolute Gasteiger partial charge is 0.404 e. The molecule has 3 atom stereocenters. The summed E-state index contributed by atoms with van der Waals surface area (Å²) in [4.78, 5) is 0. The van der Waals surface area contributed by atoms with Crippen molar-refractivity contribution in [2.24, 2.45) is 0 Å². The third kappa shape index (κ3) is 3.70. The van der Waals surface area contributed by atoms with Crippen LogP contribution < -0.4 is 10.4 Å². The summed E-state index contributed by atoms with van der Waals surface area (Å²) in [5.41, 5.74) is 0.892. The first kappa shape index (κ1) is 21.5. The van der Waals surface area contributed by atoms with Gasteiger partial charge in [0.05, 0.1) is 6.61 Å². The maximum atomic E-state index is 6.98. The van der Waals surface area contributed by atoms with E-state index in [-0.39, 0.29) is 17.2 Å². The van der Waals surface area contributed by atoms with Gasteiger partial charge in [0, 0.05) is 0 Å². The highest BCUT2D eigenvalue weighted by Crippen LogP contribution is 2.41. The molecular formula is C25H32O4Si. The van der Waals surface area contributed by atoms with Gasteiger partial charge >= 0.3 is 0 Å². The van der Waals surface area contributed by atoms with Gasteiger partial charge in [-0.1, -0.05) is 88.0 Å². The maximum Gasteiger partial charge on any atom is 0.261 e. The summed E-state index contributed by atoms with van der Waals surface area (Å²) in [6, 6.07) is 21.2. The second-order valence-electron chi connectivity index (χ2n) is 9.60. The van der Waals surface area contributed by atoms with Crippen LogP contribution in [0.5, 0.6) is 0 Å². The van der Waals surface area contributed by atoms with Crippen LogP contribution in [0.25, 0.3) is 0 Å². The molecule has 2 aromatic rings. The van der Waals surface area contributed by atoms with E-state index < -0.39 is 20.4 Å². The van der Waals surface area contributed by atoms with Crippen LogP contribution in [-0.2, 0) is 18.6 Å². The zero-order chi connectivity index (χ0) is 21.6. The van der Waals surface area contributed by atoms with E-state index in [2.05, 4.69) is 88.0 Å². The molecule has 5 heteroatoms. The molecule has 0 aromatic heterocycles. The zero-order valence-electron chi connectivity index (χ0n) is 18.6. The van der Waals surface area contributed by atoms with Gasteiger partial charge in [0.1, 0.15) is 12.2 Å². The molecule has 160 valence electrons. The Kier molecular flexibility index (Phi) is 5.53. The third-order valence-corrected chi connectivity index (χ3v) is 11.0. The SMILES string of the molecule is C=C1[C@H]2OC(C)(C)O[C@H]2O[C@@H]1CO[Si](c1ccccc1)(c1ccccc1)C(C)(C)C. The van der Waals surface area contributed by atoms with Crippen molar-refractivity contribution in [3.63, 3.8) is 0 Å². The summed E-state index contributed by atoms with van der Waals surface area (Å²) in [6.07, 6.45) is -0.911. The number of fused-ring (bicyclic) bond motifs is 1. The quantitative estimate of drug-likeness (QED) is 0.537. The second kappa shape index (κ2) is 7.73. The fraction of sp³-hybridized carbons (Fsp3) is 0.440. The molecule has 0 spiro atoms. The number of hydrogen-bond acceptors (Lipinski definition) is 4. The Bertz CT molecular complexity index is 849. The Labute approximate surface area is 180 Å². The van der Waals surface area contributed by atoms with E-state index in [0.29, 0.717) is 6.61 Å². The van der Waals surface area contributed by atoms with E-state index in [0.717, 1.165) is 5.57 Å². The predicted octanol–water partition coefficient (Wildman–Crippen LogP) is 4.00. The molecule has 30 heavy (non-hydrogen) atoms. The van der Waals surface area contributed by atoms with E-state index in [1.54, 1.807) is 0 Å². The average molecular weight is 425 g/mol. The number of rotatable bonds is 5. The van der Waals surface area contributed by atoms with Crippen LogP contribution in [-0.4, -0.2) is 39.2 Å². The minimum absolute atomic E-state index is 0.0828. The van der Waals surface area contributed by atoms with Crippen LogP contribution in [0.15, 0.2) is 72.8 Å². The fourth-order valence-electron chi connectivity index (χ4n) is 4.62. The smallest absolute Gasteiger partial charge is 0.261 e. The molecule has 4 nitrogen and oxygen atoms in total. The topological polar surface area (TPSA) is 36.9 Å². The lowest BCUT2D eigenvalue weighted by Crippen LogP contribution is -2.67. The van der Waals surface area contributed by atoms with E-state index >= 15 is 0 Å². The zero-order valence-corrected chi connectivity index (χ0v) is 19.6. The van der Waals surface area contributed by atoms with Crippen LogP contribution >= 0.6 is 0 Å². The summed E-state index contributed by atoms with van der Waals surface area (Å²) in [5.74, 6) is -0.651. The summed E-state index contributed by atoms with van der Waals surface area (Å²) in [7, 11) is -2.61. The summed E-state index contributed by atoms with van der Waals surface area (Å²) in [5, 5.41) is 2.42. The highest BCUT2D eigenvalue weighted by molar-refractivity contribution is 6.99. The summed E-state index contributed by atoms with van der Waals surface area (Å²) >= 11 is 0. The van der Waals surface area contributed by atoms with Gasteiger partial charge in [-0.25, -0.2) is 0 Å². The van der Waals surface area contributed by atoms with Crippen molar-refractivity contribution in [3.05, 3.63) is 72.8 Å². The van der Waals surface area contributed by atoms with E-state index in [1.807, 2.05) is 13.8 Å². The number of ether oxygens (including phenoxy) is 3. The van der Waals surface area contributed by atoms with Crippen LogP contribution in [0.4, 0.5) is 0 Å². The monoisotopic (exact) mass is 424 g/mol. The van der Waals surface area contributed by atoms with Gasteiger partial charge < -0.3 is 18.6 Å². The number of hydrogen-bond donors (Lipinski definition) is 0. The average Bonchev–Trinajstić information content (AvgIpc) is 3.15. The Morgan fingerprint density at radius 3 is 1.93 bits per heavy atom. The van der Waals surface area contributed by atoms with E-state index in [9.17, 15) is 0 Å². The molecule has 2 aromatic carbocycles. The molecule has 0 saturated carbocycles. The van der Waals surface area contributed by atoms with Gasteiger partial charge in [0.15, 0.2) is 12.1 Å². The van der Waals surface area contributed by atoms with Crippen molar-refractivity contribution in [2.45, 2.75) is 63.9 Å². The van der Waals surface area contributed by atoms with Crippen molar-refractivity contribution in [2.75, 3.05) is 6.61 Å². The van der Waals surface area contributed by atoms with Crippen molar-refractivity contribution in [1.82, 2.24) is 0 Å². The first-order valence-corrected chi connectivity index (χ1v) is 12.5. The van der Waals surface area contributed by atoms with Gasteiger partial charge in [0.2, 0.25) is 0 Å². The Morgan fingerprint density at radius 2 is 1.47 bits per heavy atom.